The van der Waals surface area contributed by atoms with Crippen molar-refractivity contribution in [1.29, 1.82) is 0 Å². The highest BCUT2D eigenvalue weighted by atomic mass is 16.2. The molecule has 0 saturated carbocycles. The Balaban J connectivity index is 3.91. The van der Waals surface area contributed by atoms with E-state index in [2.05, 4.69) is 39.9 Å². The fraction of sp³-hybridized carbons (Fsp3) is 0.923. The van der Waals surface area contributed by atoms with Gasteiger partial charge in [-0.2, -0.15) is 0 Å². The highest BCUT2D eigenvalue weighted by Gasteiger charge is 2.13. The minimum atomic E-state index is 0.0978. The molecule has 0 spiro atoms. The first-order valence-electron chi connectivity index (χ1n) is 6.43. The number of rotatable bonds is 7. The van der Waals surface area contributed by atoms with E-state index >= 15 is 0 Å². The number of carbonyl (C=O) groups is 1. The van der Waals surface area contributed by atoms with Crippen LogP contribution < -0.4 is 5.32 Å². The maximum absolute atomic E-state index is 11.9. The largest absolute Gasteiger partial charge is 0.343 e. The molecule has 0 fully saturated rings. The molecule has 0 aromatic heterocycles. The summed E-state index contributed by atoms with van der Waals surface area (Å²) in [5, 5.41) is 3.34. The number of hydrogen-bond acceptors (Lipinski definition) is 2. The quantitative estimate of drug-likeness (QED) is 0.726. The van der Waals surface area contributed by atoms with Crippen LogP contribution in [0.4, 0.5) is 0 Å². The second-order valence-electron chi connectivity index (χ2n) is 5.31. The van der Waals surface area contributed by atoms with Crippen LogP contribution in [0.25, 0.3) is 0 Å². The molecule has 0 unspecified atom stereocenters. The molecule has 0 aromatic carbocycles. The molecule has 0 rings (SSSR count). The summed E-state index contributed by atoms with van der Waals surface area (Å²) in [4.78, 5) is 13.9. The monoisotopic (exact) mass is 228 g/mol. The third kappa shape index (κ3) is 7.69. The lowest BCUT2D eigenvalue weighted by atomic mass is 10.1. The van der Waals surface area contributed by atoms with Gasteiger partial charge in [-0.15, -0.1) is 0 Å². The van der Waals surface area contributed by atoms with Crippen LogP contribution in [0.1, 0.15) is 53.9 Å². The van der Waals surface area contributed by atoms with Crippen molar-refractivity contribution in [3.8, 4) is 0 Å². The van der Waals surface area contributed by atoms with Gasteiger partial charge in [0.2, 0.25) is 5.91 Å². The van der Waals surface area contributed by atoms with Crippen molar-refractivity contribution in [1.82, 2.24) is 10.2 Å². The SMILES string of the molecule is CCCN(CCC)C(=O)CCNC(C)(C)C. The lowest BCUT2D eigenvalue weighted by molar-refractivity contribution is -0.131. The van der Waals surface area contributed by atoms with E-state index in [4.69, 9.17) is 0 Å². The number of nitrogens with zero attached hydrogens (tertiary/aromatic N) is 1. The first-order chi connectivity index (χ1) is 7.40. The number of nitrogens with one attached hydrogen (secondary N) is 1. The van der Waals surface area contributed by atoms with Gasteiger partial charge in [0.25, 0.3) is 0 Å². The molecule has 0 aliphatic carbocycles. The van der Waals surface area contributed by atoms with Crippen molar-refractivity contribution in [2.75, 3.05) is 19.6 Å². The van der Waals surface area contributed by atoms with Gasteiger partial charge in [0.05, 0.1) is 0 Å². The highest BCUT2D eigenvalue weighted by molar-refractivity contribution is 5.76. The zero-order chi connectivity index (χ0) is 12.6. The summed E-state index contributed by atoms with van der Waals surface area (Å²) in [6.45, 7) is 13.1. The van der Waals surface area contributed by atoms with Crippen LogP contribution in [0.3, 0.4) is 0 Å². The Morgan fingerprint density at radius 1 is 1.12 bits per heavy atom. The molecular formula is C13H28N2O. The summed E-state index contributed by atoms with van der Waals surface area (Å²) in [5.41, 5.74) is 0.0978. The van der Waals surface area contributed by atoms with Gasteiger partial charge in [-0.25, -0.2) is 0 Å². The first-order valence-corrected chi connectivity index (χ1v) is 6.43. The van der Waals surface area contributed by atoms with Crippen molar-refractivity contribution < 1.29 is 4.79 Å². The van der Waals surface area contributed by atoms with E-state index in [9.17, 15) is 4.79 Å². The van der Waals surface area contributed by atoms with Gasteiger partial charge in [-0.1, -0.05) is 13.8 Å². The third-order valence-electron chi connectivity index (χ3n) is 2.33. The van der Waals surface area contributed by atoms with E-state index in [0.29, 0.717) is 6.42 Å². The predicted octanol–water partition coefficient (Wildman–Crippen LogP) is 2.41. The second kappa shape index (κ2) is 7.66. The lowest BCUT2D eigenvalue weighted by Gasteiger charge is -2.24. The van der Waals surface area contributed by atoms with Gasteiger partial charge >= 0.3 is 0 Å². The van der Waals surface area contributed by atoms with Crippen LogP contribution >= 0.6 is 0 Å². The van der Waals surface area contributed by atoms with E-state index < -0.39 is 0 Å². The van der Waals surface area contributed by atoms with Crippen molar-refractivity contribution in [3.05, 3.63) is 0 Å². The maximum Gasteiger partial charge on any atom is 0.223 e. The number of amides is 1. The van der Waals surface area contributed by atoms with Crippen LogP contribution in [0.15, 0.2) is 0 Å². The van der Waals surface area contributed by atoms with Crippen LogP contribution in [0.5, 0.6) is 0 Å². The van der Waals surface area contributed by atoms with Gasteiger partial charge in [-0.3, -0.25) is 4.79 Å². The maximum atomic E-state index is 11.9. The zero-order valence-corrected chi connectivity index (χ0v) is 11.6. The van der Waals surface area contributed by atoms with E-state index in [1.54, 1.807) is 0 Å². The molecule has 0 heterocycles. The standard InChI is InChI=1S/C13H28N2O/c1-6-10-15(11-7-2)12(16)8-9-14-13(3,4)5/h14H,6-11H2,1-5H3. The molecule has 16 heavy (non-hydrogen) atoms. The lowest BCUT2D eigenvalue weighted by Crippen LogP contribution is -2.40. The minimum absolute atomic E-state index is 0.0978. The fourth-order valence-corrected chi connectivity index (χ4v) is 1.60. The Labute approximate surface area is 101 Å². The Hall–Kier alpha value is -0.570. The highest BCUT2D eigenvalue weighted by Crippen LogP contribution is 2.01. The molecule has 0 bridgehead atoms. The molecule has 3 heteroatoms. The number of hydrogen-bond donors (Lipinski definition) is 1. The Morgan fingerprint density at radius 3 is 2.00 bits per heavy atom. The normalized spacial score (nSPS) is 11.6. The van der Waals surface area contributed by atoms with Crippen molar-refractivity contribution in [2.45, 2.75) is 59.4 Å². The average Bonchev–Trinajstić information content (AvgIpc) is 2.15. The molecule has 0 aliphatic heterocycles. The van der Waals surface area contributed by atoms with E-state index in [-0.39, 0.29) is 11.4 Å². The van der Waals surface area contributed by atoms with Crippen LogP contribution in [-0.4, -0.2) is 36.0 Å². The second-order valence-corrected chi connectivity index (χ2v) is 5.31. The smallest absolute Gasteiger partial charge is 0.223 e. The molecule has 1 N–H and O–H groups in total. The van der Waals surface area contributed by atoms with Gasteiger partial charge in [-0.05, 0) is 33.6 Å². The molecular weight excluding hydrogens is 200 g/mol. The molecule has 0 atom stereocenters. The molecule has 0 saturated heterocycles. The topological polar surface area (TPSA) is 32.3 Å². The number of carbonyl (C=O) groups excluding carboxylic acids is 1. The fourth-order valence-electron chi connectivity index (χ4n) is 1.60. The van der Waals surface area contributed by atoms with E-state index in [1.807, 2.05) is 4.90 Å². The summed E-state index contributed by atoms with van der Waals surface area (Å²) in [7, 11) is 0. The minimum Gasteiger partial charge on any atom is -0.343 e. The van der Waals surface area contributed by atoms with Crippen molar-refractivity contribution >= 4 is 5.91 Å². The van der Waals surface area contributed by atoms with Gasteiger partial charge in [0, 0.05) is 31.6 Å². The van der Waals surface area contributed by atoms with Gasteiger partial charge in [0.1, 0.15) is 0 Å². The van der Waals surface area contributed by atoms with Crippen molar-refractivity contribution in [2.24, 2.45) is 0 Å². The zero-order valence-electron chi connectivity index (χ0n) is 11.6. The third-order valence-corrected chi connectivity index (χ3v) is 2.33. The first kappa shape index (κ1) is 15.4. The summed E-state index contributed by atoms with van der Waals surface area (Å²) in [6.07, 6.45) is 2.69. The van der Waals surface area contributed by atoms with Crippen LogP contribution in [0.2, 0.25) is 0 Å². The molecule has 0 aromatic rings. The molecule has 0 radical (unpaired) electrons. The summed E-state index contributed by atoms with van der Waals surface area (Å²) in [5.74, 6) is 0.278. The van der Waals surface area contributed by atoms with Gasteiger partial charge < -0.3 is 10.2 Å². The van der Waals surface area contributed by atoms with Gasteiger partial charge in [0.15, 0.2) is 0 Å². The van der Waals surface area contributed by atoms with E-state index in [0.717, 1.165) is 32.5 Å². The summed E-state index contributed by atoms with van der Waals surface area (Å²) < 4.78 is 0. The summed E-state index contributed by atoms with van der Waals surface area (Å²) in [6, 6.07) is 0. The summed E-state index contributed by atoms with van der Waals surface area (Å²) >= 11 is 0. The molecule has 1 amide bonds. The molecule has 3 nitrogen and oxygen atoms in total. The van der Waals surface area contributed by atoms with Crippen molar-refractivity contribution in [3.63, 3.8) is 0 Å². The Kier molecular flexibility index (Phi) is 7.39. The molecule has 0 aliphatic rings. The Morgan fingerprint density at radius 2 is 1.62 bits per heavy atom. The van der Waals surface area contributed by atoms with E-state index in [1.165, 1.54) is 0 Å². The molecule has 96 valence electrons. The predicted molar refractivity (Wildman–Crippen MR) is 69.5 cm³/mol. The van der Waals surface area contributed by atoms with Crippen LogP contribution in [0, 0.1) is 0 Å². The van der Waals surface area contributed by atoms with Crippen LogP contribution in [-0.2, 0) is 4.79 Å². The Bertz CT molecular complexity index is 191. The average molecular weight is 228 g/mol.